The van der Waals surface area contributed by atoms with Gasteiger partial charge in [-0.1, -0.05) is 25.5 Å². The Labute approximate surface area is 179 Å². The van der Waals surface area contributed by atoms with Crippen LogP contribution in [0.1, 0.15) is 32.3 Å². The summed E-state index contributed by atoms with van der Waals surface area (Å²) >= 11 is 1.28. The molecule has 0 saturated heterocycles. The molecule has 0 spiro atoms. The molecule has 2 heterocycles. The highest BCUT2D eigenvalue weighted by Crippen LogP contribution is 2.17. The number of likely N-dealkylation sites (N-methyl/N-ethyl adjacent to an activating group) is 1. The summed E-state index contributed by atoms with van der Waals surface area (Å²) < 4.78 is 8.33. The first-order valence-electron chi connectivity index (χ1n) is 10.1. The zero-order valence-electron chi connectivity index (χ0n) is 17.6. The molecule has 3 aromatic rings. The molecule has 0 aliphatic carbocycles. The van der Waals surface area contributed by atoms with Crippen LogP contribution in [0.2, 0.25) is 0 Å². The van der Waals surface area contributed by atoms with Crippen LogP contribution in [0.15, 0.2) is 45.3 Å². The van der Waals surface area contributed by atoms with Crippen molar-refractivity contribution in [2.75, 3.05) is 20.2 Å². The monoisotopic (exact) mass is 429 g/mol. The number of aromatic nitrogens is 2. The molecule has 0 aliphatic heterocycles. The van der Waals surface area contributed by atoms with Crippen LogP contribution in [0.4, 0.5) is 0 Å². The molecule has 0 radical (unpaired) electrons. The minimum absolute atomic E-state index is 0.0813. The second-order valence-electron chi connectivity index (χ2n) is 7.07. The van der Waals surface area contributed by atoms with E-state index in [-0.39, 0.29) is 24.6 Å². The predicted octanol–water partition coefficient (Wildman–Crippen LogP) is 2.93. The second-order valence-corrected chi connectivity index (χ2v) is 7.99. The van der Waals surface area contributed by atoms with E-state index in [1.807, 2.05) is 19.1 Å². The molecule has 0 N–H and O–H groups in total. The first-order chi connectivity index (χ1) is 14.5. The number of carbonyl (C=O) groups is 1. The Balaban J connectivity index is 2.02. The highest BCUT2D eigenvalue weighted by Gasteiger charge is 2.19. The number of rotatable bonds is 9. The Morgan fingerprint density at radius 2 is 1.97 bits per heavy atom. The molecule has 160 valence electrons. The molecule has 1 amide bonds. The molecular weight excluding hydrogens is 402 g/mol. The topological polar surface area (TPSA) is 73.5 Å². The number of fused-ring (bicyclic) bond motifs is 1. The number of carbonyl (C=O) groups excluding carboxylic acids is 1. The molecule has 0 atom stereocenters. The summed E-state index contributed by atoms with van der Waals surface area (Å²) in [6.07, 6.45) is 1.90. The fourth-order valence-electron chi connectivity index (χ4n) is 3.42. The fraction of sp³-hybridized carbons (Fsp3) is 0.409. The van der Waals surface area contributed by atoms with Gasteiger partial charge in [0.15, 0.2) is 0 Å². The highest BCUT2D eigenvalue weighted by molar-refractivity contribution is 7.17. The van der Waals surface area contributed by atoms with Gasteiger partial charge in [0.05, 0.1) is 19.2 Å². The van der Waals surface area contributed by atoms with Crippen molar-refractivity contribution in [3.05, 3.63) is 62.1 Å². The van der Waals surface area contributed by atoms with Crippen LogP contribution in [0.25, 0.3) is 10.2 Å². The van der Waals surface area contributed by atoms with Gasteiger partial charge in [-0.15, -0.1) is 11.3 Å². The van der Waals surface area contributed by atoms with E-state index in [4.69, 9.17) is 4.74 Å². The number of nitrogens with zero attached hydrogens (tertiary/aromatic N) is 3. The maximum Gasteiger partial charge on any atom is 0.332 e. The molecule has 8 heteroatoms. The first-order valence-corrected chi connectivity index (χ1v) is 11.0. The largest absolute Gasteiger partial charge is 0.497 e. The number of methoxy groups -OCH3 is 1. The van der Waals surface area contributed by atoms with E-state index in [0.29, 0.717) is 29.1 Å². The van der Waals surface area contributed by atoms with Gasteiger partial charge in [0.25, 0.3) is 5.56 Å². The Morgan fingerprint density at radius 3 is 2.67 bits per heavy atom. The summed E-state index contributed by atoms with van der Waals surface area (Å²) in [5.41, 5.74) is 0.473. The maximum absolute atomic E-state index is 13.2. The van der Waals surface area contributed by atoms with Crippen molar-refractivity contribution < 1.29 is 9.53 Å². The lowest BCUT2D eigenvalue weighted by Gasteiger charge is -2.21. The zero-order valence-corrected chi connectivity index (χ0v) is 18.4. The summed E-state index contributed by atoms with van der Waals surface area (Å²) in [5, 5.41) is 1.77. The number of unbranched alkanes of at least 4 members (excludes halogenated alkanes) is 1. The third-order valence-electron chi connectivity index (χ3n) is 5.12. The number of hydrogen-bond donors (Lipinski definition) is 0. The molecule has 0 bridgehead atoms. The van der Waals surface area contributed by atoms with Gasteiger partial charge in [-0.3, -0.25) is 18.7 Å². The van der Waals surface area contributed by atoms with E-state index in [0.717, 1.165) is 18.4 Å². The van der Waals surface area contributed by atoms with Crippen LogP contribution in [0, 0.1) is 0 Å². The summed E-state index contributed by atoms with van der Waals surface area (Å²) in [4.78, 5) is 40.8. The molecule has 3 rings (SSSR count). The van der Waals surface area contributed by atoms with Crippen LogP contribution in [0.5, 0.6) is 5.75 Å². The molecule has 0 unspecified atom stereocenters. The van der Waals surface area contributed by atoms with Crippen LogP contribution in [-0.4, -0.2) is 40.1 Å². The van der Waals surface area contributed by atoms with Crippen molar-refractivity contribution in [2.45, 2.75) is 39.8 Å². The Morgan fingerprint density at radius 1 is 1.17 bits per heavy atom. The second kappa shape index (κ2) is 9.75. The fourth-order valence-corrected chi connectivity index (χ4v) is 4.27. The molecule has 0 fully saturated rings. The summed E-state index contributed by atoms with van der Waals surface area (Å²) in [6, 6.07) is 8.99. The summed E-state index contributed by atoms with van der Waals surface area (Å²) in [6.45, 7) is 5.29. The number of ether oxygens (including phenoxy) is 1. The van der Waals surface area contributed by atoms with Gasteiger partial charge < -0.3 is 9.64 Å². The summed E-state index contributed by atoms with van der Waals surface area (Å²) in [5.74, 6) is 0.537. The standard InChI is InChI=1S/C22H27N3O4S/c1-4-6-11-23(5-2)19(26)15-24-18-10-12-30-20(18)21(27)25(22(24)28)14-16-8-7-9-17(13-16)29-3/h7-10,12-13H,4-6,11,14-15H2,1-3H3. The van der Waals surface area contributed by atoms with Crippen molar-refractivity contribution in [3.8, 4) is 5.75 Å². The SMILES string of the molecule is CCCCN(CC)C(=O)Cn1c(=O)n(Cc2cccc(OC)c2)c(=O)c2sccc21. The van der Waals surface area contributed by atoms with E-state index in [1.54, 1.807) is 35.6 Å². The predicted molar refractivity (Wildman–Crippen MR) is 120 cm³/mol. The Hall–Kier alpha value is -2.87. The average Bonchev–Trinajstić information content (AvgIpc) is 3.25. The third kappa shape index (κ3) is 4.48. The van der Waals surface area contributed by atoms with Crippen LogP contribution >= 0.6 is 11.3 Å². The third-order valence-corrected chi connectivity index (χ3v) is 6.01. The van der Waals surface area contributed by atoms with E-state index in [9.17, 15) is 14.4 Å². The van der Waals surface area contributed by atoms with E-state index < -0.39 is 5.69 Å². The number of amides is 1. The quantitative estimate of drug-likeness (QED) is 0.524. The molecule has 2 aromatic heterocycles. The van der Waals surface area contributed by atoms with E-state index in [1.165, 1.54) is 20.5 Å². The normalized spacial score (nSPS) is 11.0. The number of thiophene rings is 1. The van der Waals surface area contributed by atoms with Crippen molar-refractivity contribution in [2.24, 2.45) is 0 Å². The van der Waals surface area contributed by atoms with Crippen molar-refractivity contribution in [1.29, 1.82) is 0 Å². The van der Waals surface area contributed by atoms with E-state index in [2.05, 4.69) is 6.92 Å². The van der Waals surface area contributed by atoms with Gasteiger partial charge >= 0.3 is 5.69 Å². The van der Waals surface area contributed by atoms with Gasteiger partial charge in [-0.05, 0) is 42.5 Å². The smallest absolute Gasteiger partial charge is 0.332 e. The van der Waals surface area contributed by atoms with Crippen LogP contribution in [0.3, 0.4) is 0 Å². The minimum atomic E-state index is -0.478. The lowest BCUT2D eigenvalue weighted by Crippen LogP contribution is -2.43. The van der Waals surface area contributed by atoms with Crippen LogP contribution < -0.4 is 16.0 Å². The Kier molecular flexibility index (Phi) is 7.10. The lowest BCUT2D eigenvalue weighted by atomic mass is 10.2. The maximum atomic E-state index is 13.2. The van der Waals surface area contributed by atoms with Gasteiger partial charge in [0.2, 0.25) is 5.91 Å². The molecule has 30 heavy (non-hydrogen) atoms. The van der Waals surface area contributed by atoms with Gasteiger partial charge in [-0.25, -0.2) is 4.79 Å². The van der Waals surface area contributed by atoms with E-state index >= 15 is 0 Å². The number of hydrogen-bond acceptors (Lipinski definition) is 5. The van der Waals surface area contributed by atoms with Crippen molar-refractivity contribution in [1.82, 2.24) is 14.0 Å². The first kappa shape index (κ1) is 21.8. The number of benzene rings is 1. The zero-order chi connectivity index (χ0) is 21.7. The van der Waals surface area contributed by atoms with Crippen molar-refractivity contribution >= 4 is 27.5 Å². The Bertz CT molecular complexity index is 1150. The average molecular weight is 430 g/mol. The van der Waals surface area contributed by atoms with Crippen LogP contribution in [-0.2, 0) is 17.9 Å². The summed E-state index contributed by atoms with van der Waals surface area (Å²) in [7, 11) is 1.57. The van der Waals surface area contributed by atoms with Gasteiger partial charge in [-0.2, -0.15) is 0 Å². The molecule has 7 nitrogen and oxygen atoms in total. The minimum Gasteiger partial charge on any atom is -0.497 e. The van der Waals surface area contributed by atoms with Gasteiger partial charge in [0, 0.05) is 13.1 Å². The van der Waals surface area contributed by atoms with Crippen molar-refractivity contribution in [3.63, 3.8) is 0 Å². The molecule has 0 saturated carbocycles. The van der Waals surface area contributed by atoms with Gasteiger partial charge in [0.1, 0.15) is 17.0 Å². The molecule has 1 aromatic carbocycles. The highest BCUT2D eigenvalue weighted by atomic mass is 32.1. The molecule has 0 aliphatic rings. The molecular formula is C22H27N3O4S. The lowest BCUT2D eigenvalue weighted by molar-refractivity contribution is -0.131.